The largest absolute Gasteiger partial charge is 0.463 e. The summed E-state index contributed by atoms with van der Waals surface area (Å²) in [6.45, 7) is 6.31. The molecule has 0 bridgehead atoms. The maximum Gasteiger partial charge on any atom is 0.306 e. The molecule has 0 aliphatic heterocycles. The van der Waals surface area contributed by atoms with Gasteiger partial charge in [0.25, 0.3) is 0 Å². The van der Waals surface area contributed by atoms with E-state index in [1.165, 1.54) is 38.5 Å². The van der Waals surface area contributed by atoms with Crippen molar-refractivity contribution >= 4 is 5.97 Å². The molecule has 0 saturated carbocycles. The number of carbonyl (C=O) groups excluding carboxylic acids is 1. The van der Waals surface area contributed by atoms with E-state index < -0.39 is 0 Å². The van der Waals surface area contributed by atoms with Crippen LogP contribution in [0.25, 0.3) is 0 Å². The van der Waals surface area contributed by atoms with E-state index in [1.54, 1.807) is 0 Å². The SMILES string of the molecule is CCCCC=CC=CC=CCCCCCCCC(=O)OC(C)CCC. The molecule has 0 aromatic heterocycles. The summed E-state index contributed by atoms with van der Waals surface area (Å²) in [5, 5.41) is 0. The van der Waals surface area contributed by atoms with E-state index in [0.717, 1.165) is 32.1 Å². The number of rotatable bonds is 16. The summed E-state index contributed by atoms with van der Waals surface area (Å²) in [5.41, 5.74) is 0. The van der Waals surface area contributed by atoms with Crippen molar-refractivity contribution in [2.24, 2.45) is 0 Å². The normalized spacial score (nSPS) is 13.2. The molecule has 1 unspecified atom stereocenters. The van der Waals surface area contributed by atoms with Gasteiger partial charge in [0.2, 0.25) is 0 Å². The van der Waals surface area contributed by atoms with Crippen molar-refractivity contribution in [2.45, 2.75) is 104 Å². The lowest BCUT2D eigenvalue weighted by atomic mass is 10.1. The molecule has 0 aromatic rings. The molecule has 0 rings (SSSR count). The van der Waals surface area contributed by atoms with Crippen LogP contribution in [0, 0.1) is 0 Å². The molecule has 0 aliphatic carbocycles. The third kappa shape index (κ3) is 18.9. The van der Waals surface area contributed by atoms with Gasteiger partial charge < -0.3 is 4.74 Å². The van der Waals surface area contributed by atoms with Gasteiger partial charge in [-0.3, -0.25) is 4.79 Å². The first-order valence-corrected chi connectivity index (χ1v) is 10.4. The number of carbonyl (C=O) groups is 1. The minimum atomic E-state index is -0.0283. The van der Waals surface area contributed by atoms with Gasteiger partial charge in [-0.05, 0) is 39.0 Å². The second kappa shape index (κ2) is 19.0. The Morgan fingerprint density at radius 2 is 1.40 bits per heavy atom. The zero-order chi connectivity index (χ0) is 18.6. The van der Waals surface area contributed by atoms with E-state index in [2.05, 4.69) is 50.3 Å². The van der Waals surface area contributed by atoms with Crippen LogP contribution in [0.2, 0.25) is 0 Å². The molecule has 0 saturated heterocycles. The summed E-state index contributed by atoms with van der Waals surface area (Å²) in [6, 6.07) is 0. The number of allylic oxidation sites excluding steroid dienone is 6. The fourth-order valence-corrected chi connectivity index (χ4v) is 2.61. The first kappa shape index (κ1) is 23.7. The molecule has 0 aromatic carbocycles. The average Bonchev–Trinajstić information content (AvgIpc) is 2.58. The predicted molar refractivity (Wildman–Crippen MR) is 110 cm³/mol. The van der Waals surface area contributed by atoms with Crippen LogP contribution in [0.4, 0.5) is 0 Å². The number of hydrogen-bond donors (Lipinski definition) is 0. The summed E-state index contributed by atoms with van der Waals surface area (Å²) in [5.74, 6) is -0.0283. The van der Waals surface area contributed by atoms with E-state index in [-0.39, 0.29) is 12.1 Å². The van der Waals surface area contributed by atoms with Gasteiger partial charge in [-0.25, -0.2) is 0 Å². The van der Waals surface area contributed by atoms with E-state index in [4.69, 9.17) is 4.74 Å². The summed E-state index contributed by atoms with van der Waals surface area (Å²) in [4.78, 5) is 11.6. The molecular weight excluding hydrogens is 308 g/mol. The van der Waals surface area contributed by atoms with Gasteiger partial charge in [0.05, 0.1) is 6.10 Å². The maximum absolute atomic E-state index is 11.6. The Balaban J connectivity index is 3.41. The molecule has 144 valence electrons. The zero-order valence-corrected chi connectivity index (χ0v) is 16.8. The Hall–Kier alpha value is -1.31. The monoisotopic (exact) mass is 348 g/mol. The Labute approximate surface area is 156 Å². The van der Waals surface area contributed by atoms with Gasteiger partial charge in [0, 0.05) is 6.42 Å². The summed E-state index contributed by atoms with van der Waals surface area (Å²) >= 11 is 0. The molecule has 1 atom stereocenters. The minimum Gasteiger partial charge on any atom is -0.463 e. The Morgan fingerprint density at radius 1 is 0.800 bits per heavy atom. The highest BCUT2D eigenvalue weighted by Crippen LogP contribution is 2.10. The van der Waals surface area contributed by atoms with Gasteiger partial charge in [0.1, 0.15) is 0 Å². The molecule has 0 heterocycles. The lowest BCUT2D eigenvalue weighted by Gasteiger charge is -2.11. The zero-order valence-electron chi connectivity index (χ0n) is 16.8. The molecular formula is C23H40O2. The quantitative estimate of drug-likeness (QED) is 0.166. The van der Waals surface area contributed by atoms with E-state index in [9.17, 15) is 4.79 Å². The Bertz CT molecular complexity index is 380. The molecule has 0 aliphatic rings. The van der Waals surface area contributed by atoms with Crippen molar-refractivity contribution in [1.82, 2.24) is 0 Å². The van der Waals surface area contributed by atoms with Crippen LogP contribution >= 0.6 is 0 Å². The van der Waals surface area contributed by atoms with Gasteiger partial charge in [-0.15, -0.1) is 0 Å². The summed E-state index contributed by atoms with van der Waals surface area (Å²) < 4.78 is 5.35. The molecule has 25 heavy (non-hydrogen) atoms. The van der Waals surface area contributed by atoms with Gasteiger partial charge >= 0.3 is 5.97 Å². The van der Waals surface area contributed by atoms with Crippen molar-refractivity contribution in [2.75, 3.05) is 0 Å². The van der Waals surface area contributed by atoms with Crippen LogP contribution < -0.4 is 0 Å². The predicted octanol–water partition coefficient (Wildman–Crippen LogP) is 7.31. The van der Waals surface area contributed by atoms with Crippen LogP contribution in [0.5, 0.6) is 0 Å². The smallest absolute Gasteiger partial charge is 0.306 e. The van der Waals surface area contributed by atoms with Crippen LogP contribution in [0.3, 0.4) is 0 Å². The van der Waals surface area contributed by atoms with E-state index in [1.807, 2.05) is 6.92 Å². The topological polar surface area (TPSA) is 26.3 Å². The third-order valence-corrected chi connectivity index (χ3v) is 4.11. The van der Waals surface area contributed by atoms with Crippen molar-refractivity contribution in [3.05, 3.63) is 36.5 Å². The van der Waals surface area contributed by atoms with Crippen molar-refractivity contribution in [1.29, 1.82) is 0 Å². The number of esters is 1. The minimum absolute atomic E-state index is 0.0283. The maximum atomic E-state index is 11.6. The number of ether oxygens (including phenoxy) is 1. The lowest BCUT2D eigenvalue weighted by molar-refractivity contribution is -0.148. The van der Waals surface area contributed by atoms with E-state index >= 15 is 0 Å². The highest BCUT2D eigenvalue weighted by Gasteiger charge is 2.07. The van der Waals surface area contributed by atoms with Crippen molar-refractivity contribution in [3.8, 4) is 0 Å². The third-order valence-electron chi connectivity index (χ3n) is 4.11. The second-order valence-corrected chi connectivity index (χ2v) is 6.78. The molecule has 0 N–H and O–H groups in total. The molecule has 2 nitrogen and oxygen atoms in total. The standard InChI is InChI=1S/C23H40O2/c1-4-6-7-8-9-10-11-12-13-14-15-16-17-18-19-21-23(24)25-22(3)20-5-2/h8-13,22H,4-7,14-21H2,1-3H3. The van der Waals surface area contributed by atoms with Gasteiger partial charge in [-0.1, -0.05) is 88.8 Å². The number of unbranched alkanes of at least 4 members (excludes halogenated alkanes) is 7. The van der Waals surface area contributed by atoms with Crippen LogP contribution in [-0.2, 0) is 9.53 Å². The van der Waals surface area contributed by atoms with Gasteiger partial charge in [-0.2, -0.15) is 0 Å². The fraction of sp³-hybridized carbons (Fsp3) is 0.696. The van der Waals surface area contributed by atoms with Crippen LogP contribution in [-0.4, -0.2) is 12.1 Å². The molecule has 0 fully saturated rings. The lowest BCUT2D eigenvalue weighted by Crippen LogP contribution is -2.14. The Morgan fingerprint density at radius 3 is 2.04 bits per heavy atom. The first-order valence-electron chi connectivity index (χ1n) is 10.4. The summed E-state index contributed by atoms with van der Waals surface area (Å²) in [7, 11) is 0. The highest BCUT2D eigenvalue weighted by atomic mass is 16.5. The molecule has 0 radical (unpaired) electrons. The molecule has 0 amide bonds. The molecule has 0 spiro atoms. The first-order chi connectivity index (χ1) is 12.2. The van der Waals surface area contributed by atoms with E-state index in [0.29, 0.717) is 6.42 Å². The summed E-state index contributed by atoms with van der Waals surface area (Å²) in [6.07, 6.45) is 26.2. The number of hydrogen-bond acceptors (Lipinski definition) is 2. The van der Waals surface area contributed by atoms with Crippen LogP contribution in [0.1, 0.15) is 97.8 Å². The Kier molecular flexibility index (Phi) is 18.0. The van der Waals surface area contributed by atoms with Gasteiger partial charge in [0.15, 0.2) is 0 Å². The highest BCUT2D eigenvalue weighted by molar-refractivity contribution is 5.69. The average molecular weight is 349 g/mol. The van der Waals surface area contributed by atoms with Crippen LogP contribution in [0.15, 0.2) is 36.5 Å². The molecule has 2 heteroatoms. The second-order valence-electron chi connectivity index (χ2n) is 6.78. The van der Waals surface area contributed by atoms with Crippen molar-refractivity contribution < 1.29 is 9.53 Å². The fourth-order valence-electron chi connectivity index (χ4n) is 2.61. The van der Waals surface area contributed by atoms with Crippen molar-refractivity contribution in [3.63, 3.8) is 0 Å².